The number of carbonyl (C=O) groups is 1. The van der Waals surface area contributed by atoms with Crippen LogP contribution >= 0.6 is 0 Å². The van der Waals surface area contributed by atoms with Crippen LogP contribution in [-0.4, -0.2) is 15.6 Å². The molecule has 0 atom stereocenters. The number of hydrogen-bond acceptors (Lipinski definition) is 2. The van der Waals surface area contributed by atoms with E-state index in [1.54, 1.807) is 25.1 Å². The summed E-state index contributed by atoms with van der Waals surface area (Å²) in [7, 11) is 0. The monoisotopic (exact) mass is 240 g/mol. The minimum atomic E-state index is -0.928. The van der Waals surface area contributed by atoms with Gasteiger partial charge in [-0.2, -0.15) is 5.26 Å². The zero-order valence-corrected chi connectivity index (χ0v) is 10.1. The third-order valence-corrected chi connectivity index (χ3v) is 2.92. The van der Waals surface area contributed by atoms with E-state index in [9.17, 15) is 4.79 Å². The average Bonchev–Trinajstić information content (AvgIpc) is 2.65. The van der Waals surface area contributed by atoms with Gasteiger partial charge in [-0.05, 0) is 44.2 Å². The van der Waals surface area contributed by atoms with Crippen LogP contribution in [0.2, 0.25) is 0 Å². The molecule has 1 heterocycles. The summed E-state index contributed by atoms with van der Waals surface area (Å²) in [5.41, 5.74) is 3.28. The average molecular weight is 240 g/mol. The Morgan fingerprint density at radius 2 is 1.89 bits per heavy atom. The summed E-state index contributed by atoms with van der Waals surface area (Å²) in [5, 5.41) is 17.8. The van der Waals surface area contributed by atoms with Crippen molar-refractivity contribution in [3.8, 4) is 11.8 Å². The number of carboxylic acids is 1. The number of carboxylic acid groups (broad SMARTS) is 1. The zero-order chi connectivity index (χ0) is 13.3. The fourth-order valence-electron chi connectivity index (χ4n) is 2.06. The molecule has 1 N–H and O–H groups in total. The van der Waals surface area contributed by atoms with Crippen molar-refractivity contribution in [2.45, 2.75) is 13.8 Å². The van der Waals surface area contributed by atoms with Gasteiger partial charge in [-0.25, -0.2) is 4.79 Å². The van der Waals surface area contributed by atoms with Crippen LogP contribution < -0.4 is 0 Å². The lowest BCUT2D eigenvalue weighted by molar-refractivity contribution is 0.0696. The molecule has 4 nitrogen and oxygen atoms in total. The van der Waals surface area contributed by atoms with Gasteiger partial charge in [0.25, 0.3) is 0 Å². The fraction of sp³-hybridized carbons (Fsp3) is 0.143. The van der Waals surface area contributed by atoms with Gasteiger partial charge in [0.15, 0.2) is 0 Å². The molecule has 0 aliphatic carbocycles. The fourth-order valence-corrected chi connectivity index (χ4v) is 2.06. The number of rotatable bonds is 2. The van der Waals surface area contributed by atoms with Gasteiger partial charge < -0.3 is 9.67 Å². The van der Waals surface area contributed by atoms with Crippen molar-refractivity contribution in [1.29, 1.82) is 5.26 Å². The summed E-state index contributed by atoms with van der Waals surface area (Å²) >= 11 is 0. The molecular formula is C14H12N2O2. The summed E-state index contributed by atoms with van der Waals surface area (Å²) < 4.78 is 1.87. The molecule has 0 saturated heterocycles. The Kier molecular flexibility index (Phi) is 2.90. The maximum Gasteiger partial charge on any atom is 0.337 e. The molecule has 0 aliphatic rings. The molecule has 90 valence electrons. The molecule has 4 heteroatoms. The van der Waals surface area contributed by atoms with Crippen LogP contribution in [-0.2, 0) is 0 Å². The second kappa shape index (κ2) is 4.38. The van der Waals surface area contributed by atoms with Crippen molar-refractivity contribution in [3.63, 3.8) is 0 Å². The number of benzene rings is 1. The van der Waals surface area contributed by atoms with Gasteiger partial charge in [0.2, 0.25) is 0 Å². The molecule has 0 fully saturated rings. The van der Waals surface area contributed by atoms with Crippen LogP contribution in [0, 0.1) is 25.2 Å². The normalized spacial score (nSPS) is 10.1. The van der Waals surface area contributed by atoms with Crippen molar-refractivity contribution in [2.75, 3.05) is 0 Å². The van der Waals surface area contributed by atoms with Crippen LogP contribution in [0.5, 0.6) is 0 Å². The highest BCUT2D eigenvalue weighted by atomic mass is 16.4. The first-order valence-electron chi connectivity index (χ1n) is 5.47. The van der Waals surface area contributed by atoms with Crippen LogP contribution in [0.1, 0.15) is 27.3 Å². The summed E-state index contributed by atoms with van der Waals surface area (Å²) in [5.74, 6) is -0.928. The first-order valence-corrected chi connectivity index (χ1v) is 5.47. The van der Waals surface area contributed by atoms with Gasteiger partial charge >= 0.3 is 5.97 Å². The smallest absolute Gasteiger partial charge is 0.337 e. The van der Waals surface area contributed by atoms with Crippen LogP contribution in [0.3, 0.4) is 0 Å². The predicted octanol–water partition coefficient (Wildman–Crippen LogP) is 2.66. The highest BCUT2D eigenvalue weighted by Crippen LogP contribution is 2.21. The van der Waals surface area contributed by atoms with Gasteiger partial charge in [-0.1, -0.05) is 0 Å². The Bertz CT molecular complexity index is 646. The van der Waals surface area contributed by atoms with Crippen LogP contribution in [0.15, 0.2) is 30.3 Å². The predicted molar refractivity (Wildman–Crippen MR) is 66.9 cm³/mol. The lowest BCUT2D eigenvalue weighted by Crippen LogP contribution is -2.02. The topological polar surface area (TPSA) is 66.0 Å². The lowest BCUT2D eigenvalue weighted by atomic mass is 10.2. The molecule has 0 unspecified atom stereocenters. The maximum atomic E-state index is 11.1. The largest absolute Gasteiger partial charge is 0.478 e. The summed E-state index contributed by atoms with van der Waals surface area (Å²) in [4.78, 5) is 11.1. The number of aromatic nitrogens is 1. The molecule has 2 rings (SSSR count). The Hall–Kier alpha value is -2.54. The van der Waals surface area contributed by atoms with E-state index in [2.05, 4.69) is 6.07 Å². The molecule has 0 bridgehead atoms. The Morgan fingerprint density at radius 1 is 1.28 bits per heavy atom. The van der Waals surface area contributed by atoms with Crippen molar-refractivity contribution in [2.24, 2.45) is 0 Å². The highest BCUT2D eigenvalue weighted by Gasteiger charge is 2.15. The Labute approximate surface area is 105 Å². The van der Waals surface area contributed by atoms with E-state index >= 15 is 0 Å². The molecule has 0 amide bonds. The maximum absolute atomic E-state index is 11.1. The lowest BCUT2D eigenvalue weighted by Gasteiger charge is -2.09. The van der Waals surface area contributed by atoms with E-state index in [-0.39, 0.29) is 0 Å². The Balaban J connectivity index is 2.57. The molecule has 0 aliphatic heterocycles. The van der Waals surface area contributed by atoms with E-state index < -0.39 is 5.97 Å². The van der Waals surface area contributed by atoms with Gasteiger partial charge in [0.1, 0.15) is 0 Å². The van der Waals surface area contributed by atoms with E-state index in [1.165, 1.54) is 0 Å². The summed E-state index contributed by atoms with van der Waals surface area (Å²) in [6, 6.07) is 10.8. The van der Waals surface area contributed by atoms with Crippen molar-refractivity contribution in [1.82, 2.24) is 4.57 Å². The third kappa shape index (κ3) is 1.87. The second-order valence-electron chi connectivity index (χ2n) is 4.08. The standard InChI is InChI=1S/C14H12N2O2/c1-9-7-13(14(17)18)10(2)16(9)12-5-3-11(8-15)4-6-12/h3-7H,1-2H3,(H,17,18). The van der Waals surface area contributed by atoms with Gasteiger partial charge in [0.05, 0.1) is 17.2 Å². The quantitative estimate of drug-likeness (QED) is 0.877. The second-order valence-corrected chi connectivity index (χ2v) is 4.08. The number of nitrogens with zero attached hydrogens (tertiary/aromatic N) is 2. The number of aryl methyl sites for hydroxylation is 1. The van der Waals surface area contributed by atoms with Gasteiger partial charge in [0, 0.05) is 17.1 Å². The number of nitriles is 1. The van der Waals surface area contributed by atoms with Crippen LogP contribution in [0.4, 0.5) is 0 Å². The van der Waals surface area contributed by atoms with Crippen molar-refractivity contribution in [3.05, 3.63) is 52.8 Å². The minimum absolute atomic E-state index is 0.303. The molecule has 1 aromatic carbocycles. The minimum Gasteiger partial charge on any atom is -0.478 e. The van der Waals surface area contributed by atoms with Gasteiger partial charge in [-0.3, -0.25) is 0 Å². The first-order chi connectivity index (χ1) is 8.54. The summed E-state index contributed by atoms with van der Waals surface area (Å²) in [6.07, 6.45) is 0. The zero-order valence-electron chi connectivity index (χ0n) is 10.1. The SMILES string of the molecule is Cc1cc(C(=O)O)c(C)n1-c1ccc(C#N)cc1. The van der Waals surface area contributed by atoms with Crippen LogP contribution in [0.25, 0.3) is 5.69 Å². The van der Waals surface area contributed by atoms with E-state index in [1.807, 2.05) is 23.6 Å². The van der Waals surface area contributed by atoms with Crippen molar-refractivity contribution >= 4 is 5.97 Å². The molecule has 2 aromatic rings. The van der Waals surface area contributed by atoms with E-state index in [4.69, 9.17) is 10.4 Å². The Morgan fingerprint density at radius 3 is 2.33 bits per heavy atom. The molecule has 0 radical (unpaired) electrons. The van der Waals surface area contributed by atoms with Crippen molar-refractivity contribution < 1.29 is 9.90 Å². The summed E-state index contributed by atoms with van der Waals surface area (Å²) in [6.45, 7) is 3.63. The molecule has 0 saturated carbocycles. The molecule has 18 heavy (non-hydrogen) atoms. The molecule has 1 aromatic heterocycles. The van der Waals surface area contributed by atoms with E-state index in [0.717, 1.165) is 11.4 Å². The van der Waals surface area contributed by atoms with Gasteiger partial charge in [-0.15, -0.1) is 0 Å². The number of aromatic carboxylic acids is 1. The highest BCUT2D eigenvalue weighted by molar-refractivity contribution is 5.89. The first kappa shape index (κ1) is 11.9. The number of hydrogen-bond donors (Lipinski definition) is 1. The molecule has 0 spiro atoms. The van der Waals surface area contributed by atoms with E-state index in [0.29, 0.717) is 16.8 Å². The third-order valence-electron chi connectivity index (χ3n) is 2.92. The molecular weight excluding hydrogens is 228 g/mol.